The lowest BCUT2D eigenvalue weighted by Crippen LogP contribution is -2.22. The van der Waals surface area contributed by atoms with E-state index >= 15 is 0 Å². The van der Waals surface area contributed by atoms with E-state index in [2.05, 4.69) is 19.9 Å². The van der Waals surface area contributed by atoms with Crippen LogP contribution in [-0.2, 0) is 16.4 Å². The molecule has 0 aliphatic heterocycles. The van der Waals surface area contributed by atoms with Gasteiger partial charge < -0.3 is 4.57 Å². The highest BCUT2D eigenvalue weighted by Crippen LogP contribution is 2.29. The highest BCUT2D eigenvalue weighted by atomic mass is 35.5. The largest absolute Gasteiger partial charge is 0.311 e. The normalized spacial score (nSPS) is 13.5. The molecule has 0 N–H and O–H groups in total. The summed E-state index contributed by atoms with van der Waals surface area (Å²) >= 11 is 6.83. The fourth-order valence-corrected chi connectivity index (χ4v) is 5.04. The van der Waals surface area contributed by atoms with Crippen molar-refractivity contribution in [1.82, 2.24) is 24.5 Å². The van der Waals surface area contributed by atoms with Crippen molar-refractivity contribution in [2.24, 2.45) is 0 Å². The molecule has 0 bridgehead atoms. The first kappa shape index (κ1) is 16.3. The van der Waals surface area contributed by atoms with Crippen molar-refractivity contribution in [2.45, 2.75) is 16.4 Å². The molecule has 128 valence electrons. The summed E-state index contributed by atoms with van der Waals surface area (Å²) in [6.45, 7) is -0.470. The number of fused-ring (bicyclic) bond motifs is 2. The Labute approximate surface area is 150 Å². The average Bonchev–Trinajstić information content (AvgIpc) is 3.20. The molecule has 0 fully saturated rings. The van der Waals surface area contributed by atoms with E-state index in [1.165, 1.54) is 17.2 Å². The minimum Gasteiger partial charge on any atom is -0.311 e. The van der Waals surface area contributed by atoms with Gasteiger partial charge in [0.05, 0.1) is 23.1 Å². The molecular formula is C14H9ClFN5O2S2. The number of imidazole rings is 1. The highest BCUT2D eigenvalue weighted by Gasteiger charge is 2.31. The van der Waals surface area contributed by atoms with E-state index in [0.717, 1.165) is 11.3 Å². The van der Waals surface area contributed by atoms with Crippen LogP contribution in [0.2, 0.25) is 5.15 Å². The number of thiazole rings is 1. The second-order valence-electron chi connectivity index (χ2n) is 5.14. The van der Waals surface area contributed by atoms with Gasteiger partial charge >= 0.3 is 0 Å². The van der Waals surface area contributed by atoms with Crippen LogP contribution in [0.25, 0.3) is 21.4 Å². The van der Waals surface area contributed by atoms with Crippen LogP contribution in [-0.4, -0.2) is 38.4 Å². The van der Waals surface area contributed by atoms with E-state index in [4.69, 9.17) is 11.6 Å². The van der Waals surface area contributed by atoms with Gasteiger partial charge in [-0.15, -0.1) is 11.3 Å². The standard InChI is InChI=1S/C14H9ClFN5O2S2/c15-12-11-13(18-6-17-12)21(7-19-11)5-10(16)25(22,23)14-20-8-3-1-2-4-9(8)24-14/h1-4,6-7,10H,5H2. The Morgan fingerprint density at radius 3 is 2.84 bits per heavy atom. The lowest BCUT2D eigenvalue weighted by atomic mass is 10.3. The van der Waals surface area contributed by atoms with Gasteiger partial charge in [0.2, 0.25) is 19.7 Å². The van der Waals surface area contributed by atoms with Crippen LogP contribution in [0.15, 0.2) is 41.3 Å². The van der Waals surface area contributed by atoms with Crippen LogP contribution >= 0.6 is 22.9 Å². The van der Waals surface area contributed by atoms with Gasteiger partial charge in [0.25, 0.3) is 0 Å². The summed E-state index contributed by atoms with van der Waals surface area (Å²) in [4.78, 5) is 15.8. The van der Waals surface area contributed by atoms with Crippen molar-refractivity contribution in [3.63, 3.8) is 0 Å². The molecule has 0 saturated heterocycles. The van der Waals surface area contributed by atoms with E-state index in [0.29, 0.717) is 10.2 Å². The Morgan fingerprint density at radius 1 is 1.24 bits per heavy atom. The molecule has 1 unspecified atom stereocenters. The second-order valence-corrected chi connectivity index (χ2v) is 8.77. The molecule has 4 rings (SSSR count). The molecule has 0 spiro atoms. The van der Waals surface area contributed by atoms with Gasteiger partial charge in [-0.25, -0.2) is 32.7 Å². The van der Waals surface area contributed by atoms with Crippen molar-refractivity contribution in [2.75, 3.05) is 0 Å². The number of benzene rings is 1. The zero-order valence-corrected chi connectivity index (χ0v) is 14.8. The number of rotatable bonds is 4. The third-order valence-corrected chi connectivity index (χ3v) is 7.01. The van der Waals surface area contributed by atoms with Crippen LogP contribution in [0.1, 0.15) is 0 Å². The fourth-order valence-electron chi connectivity index (χ4n) is 2.32. The third-order valence-electron chi connectivity index (χ3n) is 3.55. The fraction of sp³-hybridized carbons (Fsp3) is 0.143. The quantitative estimate of drug-likeness (QED) is 0.492. The van der Waals surface area contributed by atoms with Gasteiger partial charge in [-0.1, -0.05) is 23.7 Å². The van der Waals surface area contributed by atoms with Gasteiger partial charge in [-0.05, 0) is 12.1 Å². The molecule has 0 aliphatic carbocycles. The monoisotopic (exact) mass is 397 g/mol. The first-order chi connectivity index (χ1) is 12.0. The minimum absolute atomic E-state index is 0.119. The first-order valence-electron chi connectivity index (χ1n) is 7.01. The number of para-hydroxylation sites is 1. The molecule has 3 aromatic heterocycles. The molecule has 0 radical (unpaired) electrons. The van der Waals surface area contributed by atoms with Crippen LogP contribution in [0, 0.1) is 0 Å². The Balaban J connectivity index is 1.69. The smallest absolute Gasteiger partial charge is 0.239 e. The Morgan fingerprint density at radius 2 is 2.04 bits per heavy atom. The minimum atomic E-state index is -4.24. The molecule has 7 nitrogen and oxygen atoms in total. The van der Waals surface area contributed by atoms with E-state index in [1.807, 2.05) is 0 Å². The molecule has 0 saturated carbocycles. The van der Waals surface area contributed by atoms with E-state index in [1.54, 1.807) is 24.3 Å². The molecule has 25 heavy (non-hydrogen) atoms. The second kappa shape index (κ2) is 5.97. The van der Waals surface area contributed by atoms with Gasteiger partial charge in [-0.2, -0.15) is 0 Å². The van der Waals surface area contributed by atoms with E-state index < -0.39 is 21.9 Å². The zero-order chi connectivity index (χ0) is 17.6. The molecular weight excluding hydrogens is 389 g/mol. The molecule has 4 aromatic rings. The summed E-state index contributed by atoms with van der Waals surface area (Å²) < 4.78 is 41.4. The van der Waals surface area contributed by atoms with Gasteiger partial charge in [-0.3, -0.25) is 0 Å². The topological polar surface area (TPSA) is 90.6 Å². The van der Waals surface area contributed by atoms with Crippen LogP contribution in [0.3, 0.4) is 0 Å². The summed E-state index contributed by atoms with van der Waals surface area (Å²) in [6, 6.07) is 6.93. The molecule has 1 aromatic carbocycles. The number of alkyl halides is 1. The van der Waals surface area contributed by atoms with Crippen LogP contribution in [0.4, 0.5) is 4.39 Å². The number of nitrogens with zero attached hydrogens (tertiary/aromatic N) is 5. The molecule has 0 aliphatic rings. The van der Waals surface area contributed by atoms with Gasteiger partial charge in [0, 0.05) is 0 Å². The molecule has 11 heteroatoms. The summed E-state index contributed by atoms with van der Waals surface area (Å²) in [5.41, 5.74) is -1.12. The van der Waals surface area contributed by atoms with Gasteiger partial charge in [0.1, 0.15) is 11.8 Å². The van der Waals surface area contributed by atoms with E-state index in [-0.39, 0.29) is 20.7 Å². The van der Waals surface area contributed by atoms with Crippen molar-refractivity contribution < 1.29 is 12.8 Å². The predicted octanol–water partition coefficient (Wildman–Crippen LogP) is 2.86. The summed E-state index contributed by atoms with van der Waals surface area (Å²) in [5, 5.41) is 0.119. The highest BCUT2D eigenvalue weighted by molar-refractivity contribution is 7.93. The lowest BCUT2D eigenvalue weighted by Gasteiger charge is -2.08. The summed E-state index contributed by atoms with van der Waals surface area (Å²) in [7, 11) is -4.24. The number of hydrogen-bond acceptors (Lipinski definition) is 7. The maximum Gasteiger partial charge on any atom is 0.239 e. The maximum absolute atomic E-state index is 14.6. The molecule has 1 atom stereocenters. The summed E-state index contributed by atoms with van der Waals surface area (Å²) in [5.74, 6) is 0. The van der Waals surface area contributed by atoms with Crippen LogP contribution < -0.4 is 0 Å². The van der Waals surface area contributed by atoms with Crippen LogP contribution in [0.5, 0.6) is 0 Å². The SMILES string of the molecule is O=S(=O)(c1nc2ccccc2s1)C(F)Cn1cnc2c(Cl)ncnc21. The first-order valence-corrected chi connectivity index (χ1v) is 9.76. The average molecular weight is 398 g/mol. The number of halogens is 2. The number of sulfone groups is 1. The Kier molecular flexibility index (Phi) is 3.89. The zero-order valence-electron chi connectivity index (χ0n) is 12.4. The number of aromatic nitrogens is 5. The maximum atomic E-state index is 14.6. The van der Waals surface area contributed by atoms with Crippen molar-refractivity contribution in [1.29, 1.82) is 0 Å². The third kappa shape index (κ3) is 2.75. The number of hydrogen-bond donors (Lipinski definition) is 0. The summed E-state index contributed by atoms with van der Waals surface area (Å²) in [6.07, 6.45) is 2.49. The molecule has 0 amide bonds. The van der Waals surface area contributed by atoms with Gasteiger partial charge in [0.15, 0.2) is 10.8 Å². The van der Waals surface area contributed by atoms with Crippen molar-refractivity contribution >= 4 is 54.2 Å². The lowest BCUT2D eigenvalue weighted by molar-refractivity contribution is 0.380. The van der Waals surface area contributed by atoms with E-state index in [9.17, 15) is 12.8 Å². The van der Waals surface area contributed by atoms with Crippen molar-refractivity contribution in [3.05, 3.63) is 42.1 Å². The molecule has 3 heterocycles. The Hall–Kier alpha value is -2.17. The Bertz CT molecular complexity index is 1160. The van der Waals surface area contributed by atoms with Crippen molar-refractivity contribution in [3.8, 4) is 0 Å². The predicted molar refractivity (Wildman–Crippen MR) is 92.0 cm³/mol.